The SMILES string of the molecule is CCCn1cc(NCc2cccc3[nH]ccc23)ccc1=O. The van der Waals surface area contributed by atoms with Gasteiger partial charge >= 0.3 is 0 Å². The van der Waals surface area contributed by atoms with Crippen LogP contribution in [0.25, 0.3) is 10.9 Å². The summed E-state index contributed by atoms with van der Waals surface area (Å²) in [7, 11) is 0. The minimum absolute atomic E-state index is 0.0511. The van der Waals surface area contributed by atoms with E-state index >= 15 is 0 Å². The van der Waals surface area contributed by atoms with E-state index < -0.39 is 0 Å². The lowest BCUT2D eigenvalue weighted by Crippen LogP contribution is -2.18. The smallest absolute Gasteiger partial charge is 0.250 e. The summed E-state index contributed by atoms with van der Waals surface area (Å²) < 4.78 is 1.75. The maximum absolute atomic E-state index is 11.7. The normalized spacial score (nSPS) is 10.9. The topological polar surface area (TPSA) is 49.8 Å². The predicted octanol–water partition coefficient (Wildman–Crippen LogP) is 3.35. The highest BCUT2D eigenvalue weighted by Crippen LogP contribution is 2.18. The standard InChI is InChI=1S/C17H19N3O/c1-2-10-20-12-14(6-7-17(20)21)19-11-13-4-3-5-16-15(13)8-9-18-16/h3-9,12,18-19H,2,10-11H2,1H3. The molecule has 0 aliphatic rings. The van der Waals surface area contributed by atoms with E-state index in [1.807, 2.05) is 24.5 Å². The van der Waals surface area contributed by atoms with Crippen molar-refractivity contribution in [1.29, 1.82) is 0 Å². The molecule has 3 rings (SSSR count). The number of H-pyrrole nitrogens is 1. The Bertz CT molecular complexity index is 801. The molecule has 0 aliphatic carbocycles. The van der Waals surface area contributed by atoms with Crippen molar-refractivity contribution < 1.29 is 0 Å². The van der Waals surface area contributed by atoms with Gasteiger partial charge in [-0.15, -0.1) is 0 Å². The summed E-state index contributed by atoms with van der Waals surface area (Å²) in [6.45, 7) is 3.56. The van der Waals surface area contributed by atoms with Crippen molar-refractivity contribution in [2.45, 2.75) is 26.4 Å². The van der Waals surface area contributed by atoms with Crippen molar-refractivity contribution in [2.75, 3.05) is 5.32 Å². The highest BCUT2D eigenvalue weighted by Gasteiger charge is 2.02. The van der Waals surface area contributed by atoms with Gasteiger partial charge in [-0.25, -0.2) is 0 Å². The number of nitrogens with zero attached hydrogens (tertiary/aromatic N) is 1. The number of aromatic amines is 1. The zero-order valence-electron chi connectivity index (χ0n) is 12.1. The second kappa shape index (κ2) is 5.87. The number of fused-ring (bicyclic) bond motifs is 1. The minimum Gasteiger partial charge on any atom is -0.380 e. The van der Waals surface area contributed by atoms with Crippen molar-refractivity contribution in [1.82, 2.24) is 9.55 Å². The monoisotopic (exact) mass is 281 g/mol. The molecular formula is C17H19N3O. The molecule has 0 aliphatic heterocycles. The van der Waals surface area contributed by atoms with E-state index in [0.29, 0.717) is 0 Å². The number of hydrogen-bond donors (Lipinski definition) is 2. The molecule has 4 nitrogen and oxygen atoms in total. The molecule has 0 fully saturated rings. The Morgan fingerprint density at radius 1 is 1.19 bits per heavy atom. The maximum Gasteiger partial charge on any atom is 0.250 e. The summed E-state index contributed by atoms with van der Waals surface area (Å²) in [5.41, 5.74) is 3.40. The van der Waals surface area contributed by atoms with Gasteiger partial charge in [0.25, 0.3) is 5.56 Å². The number of benzene rings is 1. The van der Waals surface area contributed by atoms with Crippen LogP contribution in [0.5, 0.6) is 0 Å². The fourth-order valence-electron chi connectivity index (χ4n) is 2.55. The maximum atomic E-state index is 11.7. The van der Waals surface area contributed by atoms with Crippen LogP contribution in [0.3, 0.4) is 0 Å². The van der Waals surface area contributed by atoms with E-state index in [-0.39, 0.29) is 5.56 Å². The van der Waals surface area contributed by atoms with Crippen LogP contribution >= 0.6 is 0 Å². The molecule has 2 heterocycles. The summed E-state index contributed by atoms with van der Waals surface area (Å²) in [5.74, 6) is 0. The van der Waals surface area contributed by atoms with E-state index in [9.17, 15) is 4.79 Å². The van der Waals surface area contributed by atoms with Crippen LogP contribution < -0.4 is 10.9 Å². The van der Waals surface area contributed by atoms with E-state index in [1.54, 1.807) is 10.6 Å². The van der Waals surface area contributed by atoms with E-state index in [0.717, 1.165) is 30.7 Å². The Labute approximate surface area is 123 Å². The van der Waals surface area contributed by atoms with Crippen LogP contribution in [-0.4, -0.2) is 9.55 Å². The number of nitrogens with one attached hydrogen (secondary N) is 2. The second-order valence-electron chi connectivity index (χ2n) is 5.16. The van der Waals surface area contributed by atoms with Crippen LogP contribution in [0.1, 0.15) is 18.9 Å². The van der Waals surface area contributed by atoms with Gasteiger partial charge in [-0.3, -0.25) is 4.79 Å². The Hall–Kier alpha value is -2.49. The van der Waals surface area contributed by atoms with Crippen LogP contribution in [-0.2, 0) is 13.1 Å². The summed E-state index contributed by atoms with van der Waals surface area (Å²) in [4.78, 5) is 14.9. The first-order chi connectivity index (χ1) is 10.3. The summed E-state index contributed by atoms with van der Waals surface area (Å²) in [5, 5.41) is 4.62. The average molecular weight is 281 g/mol. The highest BCUT2D eigenvalue weighted by atomic mass is 16.1. The summed E-state index contributed by atoms with van der Waals surface area (Å²) >= 11 is 0. The van der Waals surface area contributed by atoms with Crippen molar-refractivity contribution in [3.63, 3.8) is 0 Å². The molecule has 108 valence electrons. The number of aromatic nitrogens is 2. The Balaban J connectivity index is 1.80. The molecular weight excluding hydrogens is 262 g/mol. The number of anilines is 1. The quantitative estimate of drug-likeness (QED) is 0.753. The number of rotatable bonds is 5. The lowest BCUT2D eigenvalue weighted by Gasteiger charge is -2.10. The molecule has 0 radical (unpaired) electrons. The zero-order valence-corrected chi connectivity index (χ0v) is 12.1. The highest BCUT2D eigenvalue weighted by molar-refractivity contribution is 5.83. The molecule has 3 aromatic rings. The molecule has 1 aromatic carbocycles. The summed E-state index contributed by atoms with van der Waals surface area (Å²) in [6.07, 6.45) is 4.80. The molecule has 2 aromatic heterocycles. The minimum atomic E-state index is 0.0511. The third kappa shape index (κ3) is 2.84. The Morgan fingerprint density at radius 2 is 2.10 bits per heavy atom. The molecule has 0 saturated heterocycles. The predicted molar refractivity (Wildman–Crippen MR) is 86.6 cm³/mol. The molecule has 2 N–H and O–H groups in total. The van der Waals surface area contributed by atoms with Crippen molar-refractivity contribution in [3.05, 3.63) is 64.7 Å². The fourth-order valence-corrected chi connectivity index (χ4v) is 2.55. The summed E-state index contributed by atoms with van der Waals surface area (Å²) in [6, 6.07) is 11.8. The Morgan fingerprint density at radius 3 is 2.95 bits per heavy atom. The van der Waals surface area contributed by atoms with Gasteiger partial charge in [0.2, 0.25) is 0 Å². The first-order valence-corrected chi connectivity index (χ1v) is 7.27. The fraction of sp³-hybridized carbons (Fsp3) is 0.235. The van der Waals surface area contributed by atoms with Crippen LogP contribution in [0, 0.1) is 0 Å². The molecule has 0 unspecified atom stereocenters. The van der Waals surface area contributed by atoms with Crippen molar-refractivity contribution >= 4 is 16.6 Å². The molecule has 4 heteroatoms. The van der Waals surface area contributed by atoms with Crippen molar-refractivity contribution in [3.8, 4) is 0 Å². The van der Waals surface area contributed by atoms with Gasteiger partial charge in [-0.05, 0) is 30.2 Å². The van der Waals surface area contributed by atoms with Crippen LogP contribution in [0.4, 0.5) is 5.69 Å². The number of pyridine rings is 1. The van der Waals surface area contributed by atoms with Crippen LogP contribution in [0.15, 0.2) is 53.6 Å². The molecule has 0 bridgehead atoms. The lowest BCUT2D eigenvalue weighted by atomic mass is 10.1. The van der Waals surface area contributed by atoms with Gasteiger partial charge in [-0.1, -0.05) is 19.1 Å². The molecule has 21 heavy (non-hydrogen) atoms. The van der Waals surface area contributed by atoms with E-state index in [1.165, 1.54) is 10.9 Å². The molecule has 0 spiro atoms. The first-order valence-electron chi connectivity index (χ1n) is 7.27. The van der Waals surface area contributed by atoms with Crippen molar-refractivity contribution in [2.24, 2.45) is 0 Å². The average Bonchev–Trinajstić information content (AvgIpc) is 2.97. The van der Waals surface area contributed by atoms with Gasteiger partial charge in [0, 0.05) is 42.5 Å². The van der Waals surface area contributed by atoms with E-state index in [4.69, 9.17) is 0 Å². The van der Waals surface area contributed by atoms with Crippen LogP contribution in [0.2, 0.25) is 0 Å². The van der Waals surface area contributed by atoms with Gasteiger partial charge in [-0.2, -0.15) is 0 Å². The second-order valence-corrected chi connectivity index (χ2v) is 5.16. The third-order valence-corrected chi connectivity index (χ3v) is 3.62. The molecule has 0 atom stereocenters. The van der Waals surface area contributed by atoms with Gasteiger partial charge < -0.3 is 14.9 Å². The lowest BCUT2D eigenvalue weighted by molar-refractivity contribution is 0.655. The first kappa shape index (κ1) is 13.5. The third-order valence-electron chi connectivity index (χ3n) is 3.62. The largest absolute Gasteiger partial charge is 0.380 e. The van der Waals surface area contributed by atoms with Gasteiger partial charge in [0.1, 0.15) is 0 Å². The molecule has 0 amide bonds. The van der Waals surface area contributed by atoms with E-state index in [2.05, 4.69) is 35.4 Å². The van der Waals surface area contributed by atoms with Gasteiger partial charge in [0.15, 0.2) is 0 Å². The zero-order chi connectivity index (χ0) is 14.7. The number of aryl methyl sites for hydroxylation is 1. The van der Waals surface area contributed by atoms with Gasteiger partial charge in [0.05, 0.1) is 5.69 Å². The Kier molecular flexibility index (Phi) is 3.77. The molecule has 0 saturated carbocycles. The number of hydrogen-bond acceptors (Lipinski definition) is 2.